The van der Waals surface area contributed by atoms with Crippen LogP contribution in [0.2, 0.25) is 0 Å². The van der Waals surface area contributed by atoms with Gasteiger partial charge in [0.25, 0.3) is 0 Å². The molecule has 1 aliphatic carbocycles. The van der Waals surface area contributed by atoms with Crippen LogP contribution in [0, 0.1) is 11.3 Å². The number of hydrogen-bond donors (Lipinski definition) is 2. The molecule has 0 radical (unpaired) electrons. The van der Waals surface area contributed by atoms with Crippen molar-refractivity contribution in [2.75, 3.05) is 5.73 Å². The highest BCUT2D eigenvalue weighted by molar-refractivity contribution is 5.90. The number of aromatic nitrogens is 2. The molecular weight excluding hydrogens is 298 g/mol. The normalized spacial score (nSPS) is 16.8. The minimum Gasteiger partial charge on any atom is -0.383 e. The molecule has 0 bridgehead atoms. The number of aryl methyl sites for hydroxylation is 2. The Hall–Kier alpha value is -2.84. The van der Waals surface area contributed by atoms with E-state index >= 15 is 0 Å². The number of nitrogens with zero attached hydrogens (tertiary/aromatic N) is 3. The first kappa shape index (κ1) is 14.7. The van der Waals surface area contributed by atoms with Gasteiger partial charge in [0.2, 0.25) is 0 Å². The molecule has 2 aromatic heterocycles. The SMILES string of the molecule is Cn1c(-c2c(C#N)c(N)nc3c2C[C@H](N)CC3)cc2ccccc21. The van der Waals surface area contributed by atoms with E-state index in [4.69, 9.17) is 11.5 Å². The van der Waals surface area contributed by atoms with Gasteiger partial charge in [0.15, 0.2) is 0 Å². The maximum atomic E-state index is 9.68. The van der Waals surface area contributed by atoms with E-state index in [-0.39, 0.29) is 6.04 Å². The quantitative estimate of drug-likeness (QED) is 0.721. The van der Waals surface area contributed by atoms with Crippen LogP contribution >= 0.6 is 0 Å². The minimum absolute atomic E-state index is 0.0999. The Kier molecular flexibility index (Phi) is 3.29. The summed E-state index contributed by atoms with van der Waals surface area (Å²) in [5.41, 5.74) is 17.8. The summed E-state index contributed by atoms with van der Waals surface area (Å²) in [6.07, 6.45) is 2.44. The van der Waals surface area contributed by atoms with Crippen molar-refractivity contribution in [3.63, 3.8) is 0 Å². The molecule has 0 spiro atoms. The van der Waals surface area contributed by atoms with E-state index in [0.717, 1.165) is 52.7 Å². The summed E-state index contributed by atoms with van der Waals surface area (Å²) in [4.78, 5) is 4.48. The minimum atomic E-state index is 0.0999. The first-order valence-corrected chi connectivity index (χ1v) is 8.12. The number of rotatable bonds is 1. The van der Waals surface area contributed by atoms with Crippen LogP contribution in [0.1, 0.15) is 23.2 Å². The standard InChI is InChI=1S/C19H19N5/c1-24-16-5-3-2-4-11(16)8-17(24)18-13-9-12(21)6-7-15(13)23-19(22)14(18)10-20/h2-5,8,12H,6-7,9,21H2,1H3,(H2,22,23)/t12-/m1/s1. The first-order chi connectivity index (χ1) is 11.6. The third kappa shape index (κ3) is 2.08. The number of nitrogen functional groups attached to an aromatic ring is 1. The third-order valence-corrected chi connectivity index (χ3v) is 4.95. The molecule has 24 heavy (non-hydrogen) atoms. The summed E-state index contributed by atoms with van der Waals surface area (Å²) >= 11 is 0. The van der Waals surface area contributed by atoms with E-state index in [0.29, 0.717) is 11.4 Å². The van der Waals surface area contributed by atoms with Crippen molar-refractivity contribution in [3.05, 3.63) is 47.2 Å². The van der Waals surface area contributed by atoms with Gasteiger partial charge < -0.3 is 16.0 Å². The summed E-state index contributed by atoms with van der Waals surface area (Å²) in [6, 6.07) is 12.7. The molecule has 1 atom stereocenters. The monoisotopic (exact) mass is 317 g/mol. The van der Waals surface area contributed by atoms with E-state index in [1.807, 2.05) is 19.2 Å². The van der Waals surface area contributed by atoms with Gasteiger partial charge in [-0.1, -0.05) is 18.2 Å². The topological polar surface area (TPSA) is 93.6 Å². The average molecular weight is 317 g/mol. The molecule has 0 saturated heterocycles. The third-order valence-electron chi connectivity index (χ3n) is 4.95. The highest BCUT2D eigenvalue weighted by atomic mass is 15.0. The van der Waals surface area contributed by atoms with Gasteiger partial charge in [-0.05, 0) is 37.0 Å². The lowest BCUT2D eigenvalue weighted by atomic mass is 9.86. The van der Waals surface area contributed by atoms with Crippen LogP contribution in [0.4, 0.5) is 5.82 Å². The Morgan fingerprint density at radius 3 is 2.88 bits per heavy atom. The molecule has 0 aliphatic heterocycles. The Bertz CT molecular complexity index is 993. The number of hydrogen-bond acceptors (Lipinski definition) is 4. The van der Waals surface area contributed by atoms with Crippen molar-refractivity contribution >= 4 is 16.7 Å². The van der Waals surface area contributed by atoms with Gasteiger partial charge in [-0.3, -0.25) is 0 Å². The lowest BCUT2D eigenvalue weighted by Crippen LogP contribution is -2.29. The van der Waals surface area contributed by atoms with Crippen LogP contribution in [-0.4, -0.2) is 15.6 Å². The van der Waals surface area contributed by atoms with Gasteiger partial charge in [-0.15, -0.1) is 0 Å². The van der Waals surface area contributed by atoms with Gasteiger partial charge in [-0.25, -0.2) is 4.98 Å². The van der Waals surface area contributed by atoms with E-state index in [2.05, 4.69) is 33.8 Å². The van der Waals surface area contributed by atoms with E-state index in [1.54, 1.807) is 0 Å². The molecule has 4 rings (SSSR count). The van der Waals surface area contributed by atoms with Gasteiger partial charge >= 0.3 is 0 Å². The summed E-state index contributed by atoms with van der Waals surface area (Å²) in [5, 5.41) is 10.8. The number of fused-ring (bicyclic) bond motifs is 2. The summed E-state index contributed by atoms with van der Waals surface area (Å²) in [5.74, 6) is 0.312. The van der Waals surface area contributed by atoms with Crippen LogP contribution in [0.25, 0.3) is 22.2 Å². The Balaban J connectivity index is 2.08. The number of nitrogens with two attached hydrogens (primary N) is 2. The number of anilines is 1. The van der Waals surface area contributed by atoms with Crippen molar-refractivity contribution in [3.8, 4) is 17.3 Å². The highest BCUT2D eigenvalue weighted by Gasteiger charge is 2.26. The molecule has 5 heteroatoms. The molecule has 1 aliphatic rings. The molecule has 0 unspecified atom stereocenters. The van der Waals surface area contributed by atoms with E-state index in [9.17, 15) is 5.26 Å². The summed E-state index contributed by atoms with van der Waals surface area (Å²) < 4.78 is 2.12. The number of pyridine rings is 1. The predicted molar refractivity (Wildman–Crippen MR) is 95.3 cm³/mol. The molecule has 120 valence electrons. The van der Waals surface area contributed by atoms with Crippen LogP contribution in [0.3, 0.4) is 0 Å². The molecule has 2 heterocycles. The van der Waals surface area contributed by atoms with Gasteiger partial charge in [0.05, 0.1) is 5.69 Å². The Labute approximate surface area is 140 Å². The van der Waals surface area contributed by atoms with Crippen molar-refractivity contribution in [2.24, 2.45) is 12.8 Å². The number of para-hydroxylation sites is 1. The fourth-order valence-corrected chi connectivity index (χ4v) is 3.73. The molecule has 4 N–H and O–H groups in total. The smallest absolute Gasteiger partial charge is 0.142 e. The Morgan fingerprint density at radius 2 is 2.12 bits per heavy atom. The van der Waals surface area contributed by atoms with Crippen molar-refractivity contribution in [2.45, 2.75) is 25.3 Å². The Morgan fingerprint density at radius 1 is 1.33 bits per heavy atom. The zero-order valence-electron chi connectivity index (χ0n) is 13.6. The van der Waals surface area contributed by atoms with Crippen LogP contribution < -0.4 is 11.5 Å². The highest BCUT2D eigenvalue weighted by Crippen LogP contribution is 2.37. The van der Waals surface area contributed by atoms with Crippen LogP contribution in [0.15, 0.2) is 30.3 Å². The van der Waals surface area contributed by atoms with Gasteiger partial charge in [-0.2, -0.15) is 5.26 Å². The largest absolute Gasteiger partial charge is 0.383 e. The fourth-order valence-electron chi connectivity index (χ4n) is 3.73. The molecular formula is C19H19N5. The number of benzene rings is 1. The second kappa shape index (κ2) is 5.36. The molecule has 0 fully saturated rings. The lowest BCUT2D eigenvalue weighted by molar-refractivity contribution is 0.568. The lowest BCUT2D eigenvalue weighted by Gasteiger charge is -2.25. The second-order valence-electron chi connectivity index (χ2n) is 6.43. The van der Waals surface area contributed by atoms with Crippen LogP contribution in [0.5, 0.6) is 0 Å². The molecule has 1 aromatic carbocycles. The molecule has 0 amide bonds. The number of nitriles is 1. The zero-order valence-corrected chi connectivity index (χ0v) is 13.6. The molecule has 0 saturated carbocycles. The van der Waals surface area contributed by atoms with Gasteiger partial charge in [0, 0.05) is 35.2 Å². The molecule has 5 nitrogen and oxygen atoms in total. The molecule has 3 aromatic rings. The van der Waals surface area contributed by atoms with Crippen molar-refractivity contribution in [1.29, 1.82) is 5.26 Å². The average Bonchev–Trinajstić information content (AvgIpc) is 2.91. The van der Waals surface area contributed by atoms with E-state index in [1.165, 1.54) is 0 Å². The fraction of sp³-hybridized carbons (Fsp3) is 0.263. The van der Waals surface area contributed by atoms with Crippen LogP contribution in [-0.2, 0) is 19.9 Å². The van der Waals surface area contributed by atoms with E-state index < -0.39 is 0 Å². The van der Waals surface area contributed by atoms with Crippen molar-refractivity contribution in [1.82, 2.24) is 9.55 Å². The van der Waals surface area contributed by atoms with Gasteiger partial charge in [0.1, 0.15) is 17.5 Å². The maximum Gasteiger partial charge on any atom is 0.142 e. The first-order valence-electron chi connectivity index (χ1n) is 8.12. The maximum absolute atomic E-state index is 9.68. The second-order valence-corrected chi connectivity index (χ2v) is 6.43. The predicted octanol–water partition coefficient (Wildman–Crippen LogP) is 2.51. The summed E-state index contributed by atoms with van der Waals surface area (Å²) in [7, 11) is 2.02. The van der Waals surface area contributed by atoms with Crippen molar-refractivity contribution < 1.29 is 0 Å². The zero-order chi connectivity index (χ0) is 16.8. The summed E-state index contributed by atoms with van der Waals surface area (Å²) in [6.45, 7) is 0.